The Morgan fingerprint density at radius 3 is 3.00 bits per heavy atom. The van der Waals surface area contributed by atoms with Crippen molar-refractivity contribution in [3.63, 3.8) is 0 Å². The summed E-state index contributed by atoms with van der Waals surface area (Å²) in [6, 6.07) is 3.47. The van der Waals surface area contributed by atoms with E-state index in [1.165, 1.54) is 12.3 Å². The minimum absolute atomic E-state index is 0.175. The van der Waals surface area contributed by atoms with Crippen LogP contribution in [0.2, 0.25) is 0 Å². The number of amides is 1. The first-order valence-electron chi connectivity index (χ1n) is 5.37. The van der Waals surface area contributed by atoms with Gasteiger partial charge in [0.25, 0.3) is 0 Å². The molecule has 0 bridgehead atoms. The molecule has 17 heavy (non-hydrogen) atoms. The number of nitrogens with one attached hydrogen (secondary N) is 1. The Labute approximate surface area is 99.4 Å². The fourth-order valence-electron chi connectivity index (χ4n) is 1.12. The largest absolute Gasteiger partial charge is 0.466 e. The summed E-state index contributed by atoms with van der Waals surface area (Å²) in [6.07, 6.45) is 4.61. The van der Waals surface area contributed by atoms with Gasteiger partial charge in [0, 0.05) is 12.6 Å². The summed E-state index contributed by atoms with van der Waals surface area (Å²) < 4.78 is 9.74. The molecule has 1 amide bonds. The van der Waals surface area contributed by atoms with Crippen LogP contribution in [-0.4, -0.2) is 25.0 Å². The molecule has 0 aliphatic rings. The van der Waals surface area contributed by atoms with Gasteiger partial charge in [-0.05, 0) is 25.1 Å². The second-order valence-corrected chi connectivity index (χ2v) is 3.19. The molecule has 0 aromatic carbocycles. The first-order chi connectivity index (χ1) is 8.22. The predicted molar refractivity (Wildman–Crippen MR) is 62.0 cm³/mol. The van der Waals surface area contributed by atoms with E-state index in [1.54, 1.807) is 25.1 Å². The van der Waals surface area contributed by atoms with Crippen LogP contribution in [0.25, 0.3) is 6.08 Å². The van der Waals surface area contributed by atoms with Gasteiger partial charge in [-0.1, -0.05) is 0 Å². The standard InChI is InChI=1S/C12H15NO4/c1-2-16-12(15)7-8-13-11(14)6-5-10-4-3-9-17-10/h3-6,9H,2,7-8H2,1H3,(H,13,14). The lowest BCUT2D eigenvalue weighted by Crippen LogP contribution is -2.24. The third kappa shape index (κ3) is 5.55. The van der Waals surface area contributed by atoms with Gasteiger partial charge >= 0.3 is 5.97 Å². The second kappa shape index (κ2) is 7.27. The second-order valence-electron chi connectivity index (χ2n) is 3.19. The number of carbonyl (C=O) groups excluding carboxylic acids is 2. The molecule has 1 rings (SSSR count). The fourth-order valence-corrected chi connectivity index (χ4v) is 1.12. The van der Waals surface area contributed by atoms with Crippen molar-refractivity contribution >= 4 is 18.0 Å². The molecule has 0 spiro atoms. The molecular weight excluding hydrogens is 222 g/mol. The van der Waals surface area contributed by atoms with Crippen LogP contribution in [0.3, 0.4) is 0 Å². The van der Waals surface area contributed by atoms with Crippen molar-refractivity contribution in [2.75, 3.05) is 13.2 Å². The molecule has 0 aliphatic carbocycles. The monoisotopic (exact) mass is 237 g/mol. The van der Waals surface area contributed by atoms with Crippen molar-refractivity contribution in [2.24, 2.45) is 0 Å². The molecule has 1 heterocycles. The lowest BCUT2D eigenvalue weighted by atomic mass is 10.3. The van der Waals surface area contributed by atoms with Crippen LogP contribution in [0.4, 0.5) is 0 Å². The molecule has 5 heteroatoms. The van der Waals surface area contributed by atoms with E-state index in [0.717, 1.165) is 0 Å². The summed E-state index contributed by atoms with van der Waals surface area (Å²) in [5, 5.41) is 2.57. The van der Waals surface area contributed by atoms with Crippen LogP contribution in [0, 0.1) is 0 Å². The molecule has 0 atom stereocenters. The summed E-state index contributed by atoms with van der Waals surface area (Å²) in [5.74, 6) is 0.0130. The van der Waals surface area contributed by atoms with Crippen molar-refractivity contribution in [1.82, 2.24) is 5.32 Å². The summed E-state index contributed by atoms with van der Waals surface area (Å²) in [4.78, 5) is 22.2. The third-order valence-electron chi connectivity index (χ3n) is 1.88. The normalized spacial score (nSPS) is 10.4. The maximum absolute atomic E-state index is 11.3. The van der Waals surface area contributed by atoms with E-state index in [1.807, 2.05) is 0 Å². The number of carbonyl (C=O) groups is 2. The molecule has 1 N–H and O–H groups in total. The van der Waals surface area contributed by atoms with Crippen molar-refractivity contribution < 1.29 is 18.7 Å². The van der Waals surface area contributed by atoms with E-state index in [9.17, 15) is 9.59 Å². The molecule has 92 valence electrons. The highest BCUT2D eigenvalue weighted by atomic mass is 16.5. The van der Waals surface area contributed by atoms with Gasteiger partial charge in [0.2, 0.25) is 5.91 Å². The van der Waals surface area contributed by atoms with E-state index < -0.39 is 0 Å². The molecule has 0 saturated heterocycles. The van der Waals surface area contributed by atoms with E-state index in [0.29, 0.717) is 12.4 Å². The van der Waals surface area contributed by atoms with E-state index >= 15 is 0 Å². The molecule has 5 nitrogen and oxygen atoms in total. The zero-order chi connectivity index (χ0) is 12.5. The van der Waals surface area contributed by atoms with E-state index in [2.05, 4.69) is 5.32 Å². The van der Waals surface area contributed by atoms with Gasteiger partial charge in [0.1, 0.15) is 5.76 Å². The van der Waals surface area contributed by atoms with Crippen LogP contribution < -0.4 is 5.32 Å². The molecule has 0 saturated carbocycles. The Bertz CT molecular complexity index is 381. The Balaban J connectivity index is 2.19. The first-order valence-corrected chi connectivity index (χ1v) is 5.37. The number of hydrogen-bond donors (Lipinski definition) is 1. The number of esters is 1. The zero-order valence-corrected chi connectivity index (χ0v) is 9.64. The molecule has 0 fully saturated rings. The Morgan fingerprint density at radius 2 is 2.35 bits per heavy atom. The number of ether oxygens (including phenoxy) is 1. The van der Waals surface area contributed by atoms with E-state index in [-0.39, 0.29) is 24.8 Å². The average Bonchev–Trinajstić information content (AvgIpc) is 2.79. The number of hydrogen-bond acceptors (Lipinski definition) is 4. The van der Waals surface area contributed by atoms with E-state index in [4.69, 9.17) is 9.15 Å². The van der Waals surface area contributed by atoms with Crippen molar-refractivity contribution in [3.8, 4) is 0 Å². The SMILES string of the molecule is CCOC(=O)CCNC(=O)C=Cc1ccco1. The molecule has 0 unspecified atom stereocenters. The molecular formula is C12H15NO4. The molecule has 1 aromatic heterocycles. The van der Waals surface area contributed by atoms with Gasteiger partial charge in [0.15, 0.2) is 0 Å². The molecule has 0 radical (unpaired) electrons. The van der Waals surface area contributed by atoms with Crippen LogP contribution in [0.1, 0.15) is 19.1 Å². The average molecular weight is 237 g/mol. The summed E-state index contributed by atoms with van der Waals surface area (Å²) in [6.45, 7) is 2.36. The minimum Gasteiger partial charge on any atom is -0.466 e. The maximum atomic E-state index is 11.3. The predicted octanol–water partition coefficient (Wildman–Crippen LogP) is 1.36. The first kappa shape index (κ1) is 13.0. The fraction of sp³-hybridized carbons (Fsp3) is 0.333. The lowest BCUT2D eigenvalue weighted by Gasteiger charge is -2.02. The van der Waals surface area contributed by atoms with Gasteiger partial charge in [-0.25, -0.2) is 0 Å². The molecule has 0 aliphatic heterocycles. The highest BCUT2D eigenvalue weighted by Crippen LogP contribution is 2.01. The summed E-state index contributed by atoms with van der Waals surface area (Å²) in [5.41, 5.74) is 0. The lowest BCUT2D eigenvalue weighted by molar-refractivity contribution is -0.142. The third-order valence-corrected chi connectivity index (χ3v) is 1.88. The van der Waals surface area contributed by atoms with Gasteiger partial charge in [-0.2, -0.15) is 0 Å². The Hall–Kier alpha value is -2.04. The molecule has 1 aromatic rings. The van der Waals surface area contributed by atoms with Gasteiger partial charge in [-0.3, -0.25) is 9.59 Å². The number of furan rings is 1. The summed E-state index contributed by atoms with van der Waals surface area (Å²) >= 11 is 0. The van der Waals surface area contributed by atoms with Crippen LogP contribution in [-0.2, 0) is 14.3 Å². The quantitative estimate of drug-likeness (QED) is 0.599. The van der Waals surface area contributed by atoms with Crippen LogP contribution >= 0.6 is 0 Å². The highest BCUT2D eigenvalue weighted by molar-refractivity contribution is 5.91. The Morgan fingerprint density at radius 1 is 1.53 bits per heavy atom. The highest BCUT2D eigenvalue weighted by Gasteiger charge is 2.02. The topological polar surface area (TPSA) is 68.5 Å². The Kier molecular flexibility index (Phi) is 5.57. The zero-order valence-electron chi connectivity index (χ0n) is 9.64. The van der Waals surface area contributed by atoms with Gasteiger partial charge in [0.05, 0.1) is 19.3 Å². The van der Waals surface area contributed by atoms with Crippen LogP contribution in [0.15, 0.2) is 28.9 Å². The number of rotatable bonds is 6. The van der Waals surface area contributed by atoms with Crippen molar-refractivity contribution in [3.05, 3.63) is 30.2 Å². The van der Waals surface area contributed by atoms with Crippen molar-refractivity contribution in [2.45, 2.75) is 13.3 Å². The minimum atomic E-state index is -0.317. The van der Waals surface area contributed by atoms with Crippen molar-refractivity contribution in [1.29, 1.82) is 0 Å². The van der Waals surface area contributed by atoms with Crippen LogP contribution in [0.5, 0.6) is 0 Å². The summed E-state index contributed by atoms with van der Waals surface area (Å²) in [7, 11) is 0. The van der Waals surface area contributed by atoms with Gasteiger partial charge in [-0.15, -0.1) is 0 Å². The maximum Gasteiger partial charge on any atom is 0.307 e. The van der Waals surface area contributed by atoms with Gasteiger partial charge < -0.3 is 14.5 Å². The smallest absolute Gasteiger partial charge is 0.307 e.